The van der Waals surface area contributed by atoms with Crippen molar-refractivity contribution in [2.75, 3.05) is 11.5 Å². The summed E-state index contributed by atoms with van der Waals surface area (Å²) in [5.41, 5.74) is 2.92. The molecular formula is C34H32ClN3O5S2. The van der Waals surface area contributed by atoms with Gasteiger partial charge in [-0.1, -0.05) is 84.8 Å². The number of thioether (sulfide) groups is 1. The molecule has 1 fully saturated rings. The standard InChI is InChI=1S/C34H32ClN3O5S2/c1-3-4-7-15-42-25-11-8-10-21(18-25)29-28(30(39)22-13-14-27-24(17-22)16-20(2)43-27)31(40)32(41)38(29)33-36-37-34(45-33)44-19-23-9-5-6-12-26(23)35/h5-6,8-14,17-18,20,29,39H,3-4,7,15-16,19H2,1-2H3/b30-28+/t20-,29-/m1/s1. The van der Waals surface area contributed by atoms with Crippen molar-refractivity contribution >= 4 is 57.3 Å². The van der Waals surface area contributed by atoms with Gasteiger partial charge in [0.25, 0.3) is 5.78 Å². The van der Waals surface area contributed by atoms with Gasteiger partial charge in [0.05, 0.1) is 18.2 Å². The molecule has 1 amide bonds. The lowest BCUT2D eigenvalue weighted by atomic mass is 9.94. The summed E-state index contributed by atoms with van der Waals surface area (Å²) in [7, 11) is 0. The largest absolute Gasteiger partial charge is 0.507 e. The molecule has 2 aliphatic heterocycles. The normalized spacial score (nSPS) is 18.7. The number of halogens is 1. The van der Waals surface area contributed by atoms with Crippen molar-refractivity contribution in [3.63, 3.8) is 0 Å². The van der Waals surface area contributed by atoms with Crippen molar-refractivity contribution in [3.8, 4) is 11.5 Å². The molecule has 0 saturated carbocycles. The molecule has 0 spiro atoms. The summed E-state index contributed by atoms with van der Waals surface area (Å²) in [5, 5.41) is 21.2. The molecule has 2 atom stereocenters. The number of amides is 1. The maximum Gasteiger partial charge on any atom is 0.301 e. The first-order valence-electron chi connectivity index (χ1n) is 14.9. The molecule has 4 aromatic rings. The third kappa shape index (κ3) is 6.59. The number of benzene rings is 3. The van der Waals surface area contributed by atoms with E-state index in [-0.39, 0.29) is 22.6 Å². The van der Waals surface area contributed by atoms with Gasteiger partial charge < -0.3 is 14.6 Å². The Hall–Kier alpha value is -3.86. The molecule has 6 rings (SSSR count). The third-order valence-electron chi connectivity index (χ3n) is 7.72. The predicted octanol–water partition coefficient (Wildman–Crippen LogP) is 8.00. The van der Waals surface area contributed by atoms with E-state index in [9.17, 15) is 14.7 Å². The van der Waals surface area contributed by atoms with Gasteiger partial charge in [-0.25, -0.2) is 0 Å². The van der Waals surface area contributed by atoms with Crippen LogP contribution in [0.1, 0.15) is 61.4 Å². The van der Waals surface area contributed by atoms with Gasteiger partial charge in [0.1, 0.15) is 23.4 Å². The van der Waals surface area contributed by atoms with Gasteiger partial charge >= 0.3 is 5.91 Å². The molecule has 1 aromatic heterocycles. The van der Waals surface area contributed by atoms with Crippen molar-refractivity contribution in [2.24, 2.45) is 0 Å². The maximum absolute atomic E-state index is 13.7. The van der Waals surface area contributed by atoms with E-state index < -0.39 is 17.7 Å². The number of carbonyl (C=O) groups is 2. The van der Waals surface area contributed by atoms with Crippen LogP contribution < -0.4 is 14.4 Å². The fraction of sp³-hybridized carbons (Fsp3) is 0.294. The van der Waals surface area contributed by atoms with Crippen LogP contribution in [0, 0.1) is 0 Å². The number of ketones is 1. The first kappa shape index (κ1) is 31.1. The van der Waals surface area contributed by atoms with Gasteiger partial charge in [0.15, 0.2) is 4.34 Å². The van der Waals surface area contributed by atoms with E-state index in [1.807, 2.05) is 61.5 Å². The molecule has 3 aromatic carbocycles. The third-order valence-corrected chi connectivity index (χ3v) is 10.2. The van der Waals surface area contributed by atoms with E-state index in [0.29, 0.717) is 45.0 Å². The Balaban J connectivity index is 1.38. The molecule has 0 bridgehead atoms. The lowest BCUT2D eigenvalue weighted by Gasteiger charge is -2.23. The predicted molar refractivity (Wildman–Crippen MR) is 177 cm³/mol. The van der Waals surface area contributed by atoms with E-state index in [4.69, 9.17) is 21.1 Å². The summed E-state index contributed by atoms with van der Waals surface area (Å²) in [5.74, 6) is 0.0976. The number of hydrogen-bond acceptors (Lipinski definition) is 9. The number of anilines is 1. The van der Waals surface area contributed by atoms with Crippen molar-refractivity contribution in [1.29, 1.82) is 0 Å². The van der Waals surface area contributed by atoms with Gasteiger partial charge in [-0.3, -0.25) is 14.5 Å². The Bertz CT molecular complexity index is 1770. The second-order valence-corrected chi connectivity index (χ2v) is 13.6. The maximum atomic E-state index is 13.7. The van der Waals surface area contributed by atoms with Crippen LogP contribution >= 0.6 is 34.7 Å². The van der Waals surface area contributed by atoms with Crippen molar-refractivity contribution in [1.82, 2.24) is 10.2 Å². The molecule has 0 unspecified atom stereocenters. The summed E-state index contributed by atoms with van der Waals surface area (Å²) >= 11 is 8.98. The smallest absolute Gasteiger partial charge is 0.301 e. The topological polar surface area (TPSA) is 102 Å². The van der Waals surface area contributed by atoms with Gasteiger partial charge in [-0.15, -0.1) is 10.2 Å². The number of rotatable bonds is 11. The molecular weight excluding hydrogens is 630 g/mol. The van der Waals surface area contributed by atoms with Crippen LogP contribution in [0.3, 0.4) is 0 Å². The van der Waals surface area contributed by atoms with Gasteiger partial charge in [0.2, 0.25) is 5.13 Å². The quantitative estimate of drug-likeness (QED) is 0.0431. The van der Waals surface area contributed by atoms with E-state index in [2.05, 4.69) is 17.1 Å². The number of hydrogen-bond donors (Lipinski definition) is 1. The second-order valence-electron chi connectivity index (χ2n) is 11.0. The fourth-order valence-electron chi connectivity index (χ4n) is 5.50. The van der Waals surface area contributed by atoms with Crippen molar-refractivity contribution in [2.45, 2.75) is 61.8 Å². The van der Waals surface area contributed by atoms with Crippen LogP contribution in [0.25, 0.3) is 5.76 Å². The molecule has 8 nitrogen and oxygen atoms in total. The van der Waals surface area contributed by atoms with Gasteiger partial charge in [-0.05, 0) is 66.4 Å². The molecule has 232 valence electrons. The van der Waals surface area contributed by atoms with Crippen LogP contribution in [0.5, 0.6) is 11.5 Å². The summed E-state index contributed by atoms with van der Waals surface area (Å²) in [6.07, 6.45) is 3.75. The number of ether oxygens (including phenoxy) is 2. The molecule has 1 N–H and O–H groups in total. The van der Waals surface area contributed by atoms with Crippen molar-refractivity contribution < 1.29 is 24.2 Å². The second kappa shape index (κ2) is 13.6. The Labute approximate surface area is 275 Å². The van der Waals surface area contributed by atoms with Crippen molar-refractivity contribution in [3.05, 3.63) is 99.6 Å². The number of aromatic nitrogens is 2. The Morgan fingerprint density at radius 3 is 2.78 bits per heavy atom. The molecule has 11 heteroatoms. The number of nitrogens with zero attached hydrogens (tertiary/aromatic N) is 3. The molecule has 1 saturated heterocycles. The Morgan fingerprint density at radius 2 is 1.96 bits per heavy atom. The number of fused-ring (bicyclic) bond motifs is 1. The average Bonchev–Trinajstić information content (AvgIpc) is 3.73. The highest BCUT2D eigenvalue weighted by atomic mass is 35.5. The molecule has 0 aliphatic carbocycles. The first-order chi connectivity index (χ1) is 21.8. The highest BCUT2D eigenvalue weighted by Gasteiger charge is 2.48. The highest BCUT2D eigenvalue weighted by Crippen LogP contribution is 2.45. The summed E-state index contributed by atoms with van der Waals surface area (Å²) in [4.78, 5) is 28.8. The number of unbranched alkanes of at least 4 members (excludes halogenated alkanes) is 2. The number of Topliss-reactive ketones (excluding diaryl/α,β-unsaturated/α-hetero) is 1. The zero-order valence-electron chi connectivity index (χ0n) is 24.9. The number of carbonyl (C=O) groups excluding carboxylic acids is 2. The fourth-order valence-corrected chi connectivity index (χ4v) is 7.65. The minimum absolute atomic E-state index is 0.0180. The minimum Gasteiger partial charge on any atom is -0.507 e. The molecule has 45 heavy (non-hydrogen) atoms. The zero-order valence-corrected chi connectivity index (χ0v) is 27.3. The van der Waals surface area contributed by atoms with Crippen LogP contribution in [0.2, 0.25) is 5.02 Å². The summed E-state index contributed by atoms with van der Waals surface area (Å²) in [6, 6.07) is 19.2. The summed E-state index contributed by atoms with van der Waals surface area (Å²) in [6.45, 7) is 4.66. The molecule has 0 radical (unpaired) electrons. The molecule has 2 aliphatic rings. The molecule has 3 heterocycles. The monoisotopic (exact) mass is 661 g/mol. The SMILES string of the molecule is CCCCCOc1cccc([C@@H]2/C(=C(\O)c3ccc4c(c3)C[C@@H](C)O4)C(=O)C(=O)N2c2nnc(SCc3ccccc3Cl)s2)c1. The Kier molecular flexibility index (Phi) is 9.44. The summed E-state index contributed by atoms with van der Waals surface area (Å²) < 4.78 is 12.5. The average molecular weight is 662 g/mol. The van der Waals surface area contributed by atoms with Crippen LogP contribution in [0.15, 0.2) is 76.6 Å². The van der Waals surface area contributed by atoms with Crippen LogP contribution in [-0.2, 0) is 21.8 Å². The lowest BCUT2D eigenvalue weighted by molar-refractivity contribution is -0.132. The zero-order chi connectivity index (χ0) is 31.5. The van der Waals surface area contributed by atoms with E-state index >= 15 is 0 Å². The van der Waals surface area contributed by atoms with Gasteiger partial charge in [-0.2, -0.15) is 0 Å². The van der Waals surface area contributed by atoms with Crippen LogP contribution in [0.4, 0.5) is 5.13 Å². The van der Waals surface area contributed by atoms with E-state index in [0.717, 1.165) is 36.1 Å². The van der Waals surface area contributed by atoms with E-state index in [1.54, 1.807) is 12.1 Å². The van der Waals surface area contributed by atoms with Gasteiger partial charge in [0, 0.05) is 22.8 Å². The van der Waals surface area contributed by atoms with E-state index in [1.165, 1.54) is 28.0 Å². The first-order valence-corrected chi connectivity index (χ1v) is 17.1. The Morgan fingerprint density at radius 1 is 1.11 bits per heavy atom. The van der Waals surface area contributed by atoms with Crippen LogP contribution in [-0.4, -0.2) is 39.7 Å². The highest BCUT2D eigenvalue weighted by molar-refractivity contribution is 8.00. The minimum atomic E-state index is -0.943. The number of aliphatic hydroxyl groups excluding tert-OH is 1. The number of aliphatic hydroxyl groups is 1. The lowest BCUT2D eigenvalue weighted by Crippen LogP contribution is -2.29.